The molecular formula is C21H30NO2+. The molecule has 130 valence electrons. The summed E-state index contributed by atoms with van der Waals surface area (Å²) >= 11 is 0. The van der Waals surface area contributed by atoms with E-state index in [1.54, 1.807) is 6.07 Å². The van der Waals surface area contributed by atoms with Gasteiger partial charge in [0, 0.05) is 17.0 Å². The van der Waals surface area contributed by atoms with Crippen molar-refractivity contribution in [2.45, 2.75) is 65.0 Å². The van der Waals surface area contributed by atoms with E-state index < -0.39 is 0 Å². The maximum atomic E-state index is 12.1. The second-order valence-electron chi connectivity index (χ2n) is 8.33. The molecule has 1 aromatic carbocycles. The molecule has 1 aliphatic rings. The van der Waals surface area contributed by atoms with E-state index in [1.807, 2.05) is 6.07 Å². The van der Waals surface area contributed by atoms with Crippen LogP contribution in [0.3, 0.4) is 0 Å². The molecule has 0 aliphatic heterocycles. The number of rotatable bonds is 4. The lowest BCUT2D eigenvalue weighted by Gasteiger charge is -2.36. The second kappa shape index (κ2) is 6.36. The van der Waals surface area contributed by atoms with Crippen molar-refractivity contribution in [3.8, 4) is 0 Å². The number of hydrogen-bond acceptors (Lipinski definition) is 2. The third-order valence-corrected chi connectivity index (χ3v) is 5.73. The van der Waals surface area contributed by atoms with Crippen molar-refractivity contribution in [1.82, 2.24) is 0 Å². The number of quaternary nitrogens is 1. The fourth-order valence-electron chi connectivity index (χ4n) is 4.32. The Bertz CT molecular complexity index is 795. The molecule has 1 aromatic heterocycles. The third-order valence-electron chi connectivity index (χ3n) is 5.73. The fourth-order valence-corrected chi connectivity index (χ4v) is 4.32. The van der Waals surface area contributed by atoms with Crippen LogP contribution in [0.2, 0.25) is 0 Å². The van der Waals surface area contributed by atoms with E-state index >= 15 is 0 Å². The minimum absolute atomic E-state index is 0.236. The van der Waals surface area contributed by atoms with Gasteiger partial charge in [-0.2, -0.15) is 0 Å². The summed E-state index contributed by atoms with van der Waals surface area (Å²) in [6.45, 7) is 7.41. The van der Waals surface area contributed by atoms with Crippen molar-refractivity contribution >= 4 is 11.0 Å². The van der Waals surface area contributed by atoms with Crippen molar-refractivity contribution in [3.63, 3.8) is 0 Å². The normalized spacial score (nSPS) is 16.4. The summed E-state index contributed by atoms with van der Waals surface area (Å²) in [5.74, 6) is 0.464. The van der Waals surface area contributed by atoms with Crippen molar-refractivity contribution in [1.29, 1.82) is 0 Å². The number of hydrogen-bond donors (Lipinski definition) is 0. The zero-order valence-electron chi connectivity index (χ0n) is 15.7. The van der Waals surface area contributed by atoms with Crippen LogP contribution in [0.1, 0.15) is 62.1 Å². The van der Waals surface area contributed by atoms with Gasteiger partial charge in [-0.15, -0.1) is 0 Å². The van der Waals surface area contributed by atoms with Gasteiger partial charge in [-0.3, -0.25) is 0 Å². The van der Waals surface area contributed by atoms with Gasteiger partial charge in [0.2, 0.25) is 0 Å². The Labute approximate surface area is 144 Å². The molecule has 0 radical (unpaired) electrons. The Morgan fingerprint density at radius 1 is 1.17 bits per heavy atom. The summed E-state index contributed by atoms with van der Waals surface area (Å²) in [5.41, 5.74) is 4.15. The molecule has 1 fully saturated rings. The van der Waals surface area contributed by atoms with Crippen LogP contribution < -0.4 is 5.63 Å². The number of nitrogens with zero attached hydrogens (tertiary/aromatic N) is 1. The molecule has 0 spiro atoms. The predicted molar refractivity (Wildman–Crippen MR) is 99.4 cm³/mol. The Balaban J connectivity index is 2.09. The predicted octanol–water partition coefficient (Wildman–Crippen LogP) is 4.74. The van der Waals surface area contributed by atoms with E-state index in [4.69, 9.17) is 4.42 Å². The van der Waals surface area contributed by atoms with E-state index in [-0.39, 0.29) is 5.63 Å². The second-order valence-corrected chi connectivity index (χ2v) is 8.33. The molecule has 3 rings (SSSR count). The van der Waals surface area contributed by atoms with E-state index in [1.165, 1.54) is 36.8 Å². The number of benzene rings is 1. The highest BCUT2D eigenvalue weighted by Crippen LogP contribution is 2.31. The molecular weight excluding hydrogens is 298 g/mol. The summed E-state index contributed by atoms with van der Waals surface area (Å²) in [7, 11) is 4.60. The van der Waals surface area contributed by atoms with Gasteiger partial charge in [0.15, 0.2) is 0 Å². The number of fused-ring (bicyclic) bond motifs is 1. The molecule has 0 atom stereocenters. The zero-order valence-corrected chi connectivity index (χ0v) is 15.7. The fraction of sp³-hybridized carbons (Fsp3) is 0.571. The summed E-state index contributed by atoms with van der Waals surface area (Å²) in [4.78, 5) is 12.1. The minimum atomic E-state index is -0.236. The number of aryl methyl sites for hydroxylation is 1. The summed E-state index contributed by atoms with van der Waals surface area (Å²) < 4.78 is 6.44. The van der Waals surface area contributed by atoms with Crippen LogP contribution in [0, 0.1) is 6.92 Å². The van der Waals surface area contributed by atoms with E-state index in [0.29, 0.717) is 12.0 Å². The lowest BCUT2D eigenvalue weighted by atomic mass is 9.94. The Kier molecular flexibility index (Phi) is 4.56. The molecule has 1 aliphatic carbocycles. The first-order valence-electron chi connectivity index (χ1n) is 9.18. The molecule has 0 unspecified atom stereocenters. The maximum absolute atomic E-state index is 12.1. The average molecular weight is 328 g/mol. The van der Waals surface area contributed by atoms with Crippen molar-refractivity contribution in [2.75, 3.05) is 14.1 Å². The smallest absolute Gasteiger partial charge is 0.336 e. The van der Waals surface area contributed by atoms with Gasteiger partial charge in [-0.1, -0.05) is 13.8 Å². The van der Waals surface area contributed by atoms with Gasteiger partial charge < -0.3 is 8.90 Å². The molecule has 0 bridgehead atoms. The van der Waals surface area contributed by atoms with Crippen LogP contribution in [0.5, 0.6) is 0 Å². The van der Waals surface area contributed by atoms with Crippen LogP contribution in [-0.2, 0) is 6.54 Å². The minimum Gasteiger partial charge on any atom is -0.423 e. The molecule has 3 nitrogen and oxygen atoms in total. The molecule has 0 amide bonds. The van der Waals surface area contributed by atoms with Crippen LogP contribution >= 0.6 is 0 Å². The van der Waals surface area contributed by atoms with E-state index in [0.717, 1.165) is 27.6 Å². The molecule has 0 N–H and O–H groups in total. The van der Waals surface area contributed by atoms with Gasteiger partial charge in [0.1, 0.15) is 12.1 Å². The lowest BCUT2D eigenvalue weighted by molar-refractivity contribution is -0.927. The van der Waals surface area contributed by atoms with Crippen molar-refractivity contribution < 1.29 is 8.90 Å². The zero-order chi connectivity index (χ0) is 17.5. The monoisotopic (exact) mass is 328 g/mol. The SMILES string of the molecule is Cc1cc2oc(=O)cc(C[N+](C)(C)C3CCCC3)c2cc1C(C)C. The van der Waals surface area contributed by atoms with Gasteiger partial charge in [-0.25, -0.2) is 4.79 Å². The maximum Gasteiger partial charge on any atom is 0.336 e. The molecule has 1 heterocycles. The quantitative estimate of drug-likeness (QED) is 0.599. The van der Waals surface area contributed by atoms with Crippen LogP contribution in [0.15, 0.2) is 27.4 Å². The largest absolute Gasteiger partial charge is 0.423 e. The molecule has 24 heavy (non-hydrogen) atoms. The summed E-state index contributed by atoms with van der Waals surface area (Å²) in [5, 5.41) is 1.10. The van der Waals surface area contributed by atoms with E-state index in [2.05, 4.69) is 40.9 Å². The standard InChI is InChI=1S/C21H30NO2/c1-14(2)18-12-19-16(11-21(23)24-20(19)10-15(18)3)13-22(4,5)17-8-6-7-9-17/h10-12,14,17H,6-9,13H2,1-5H3/q+1. The molecule has 1 saturated carbocycles. The van der Waals surface area contributed by atoms with Crippen molar-refractivity contribution in [3.05, 3.63) is 45.3 Å². The van der Waals surface area contributed by atoms with Crippen LogP contribution in [0.25, 0.3) is 11.0 Å². The molecule has 2 aromatic rings. The third kappa shape index (κ3) is 3.27. The first-order chi connectivity index (χ1) is 11.3. The van der Waals surface area contributed by atoms with Gasteiger partial charge in [-0.05, 0) is 61.8 Å². The van der Waals surface area contributed by atoms with Gasteiger partial charge in [0.05, 0.1) is 20.1 Å². The first-order valence-corrected chi connectivity index (χ1v) is 9.18. The van der Waals surface area contributed by atoms with E-state index in [9.17, 15) is 4.79 Å². The first kappa shape index (κ1) is 17.2. The van der Waals surface area contributed by atoms with Crippen LogP contribution in [-0.4, -0.2) is 24.6 Å². The van der Waals surface area contributed by atoms with Gasteiger partial charge >= 0.3 is 5.63 Å². The Morgan fingerprint density at radius 3 is 2.46 bits per heavy atom. The topological polar surface area (TPSA) is 30.2 Å². The lowest BCUT2D eigenvalue weighted by Crippen LogP contribution is -2.46. The van der Waals surface area contributed by atoms with Crippen molar-refractivity contribution in [2.24, 2.45) is 0 Å². The van der Waals surface area contributed by atoms with Crippen LogP contribution in [0.4, 0.5) is 0 Å². The molecule has 3 heteroatoms. The highest BCUT2D eigenvalue weighted by Gasteiger charge is 2.32. The molecule has 0 saturated heterocycles. The highest BCUT2D eigenvalue weighted by molar-refractivity contribution is 5.82. The van der Waals surface area contributed by atoms with Gasteiger partial charge in [0.25, 0.3) is 0 Å². The average Bonchev–Trinajstić information content (AvgIpc) is 3.00. The summed E-state index contributed by atoms with van der Waals surface area (Å²) in [6.07, 6.45) is 5.26. The highest BCUT2D eigenvalue weighted by atomic mass is 16.4. The Hall–Kier alpha value is -1.61. The summed E-state index contributed by atoms with van der Waals surface area (Å²) in [6, 6.07) is 6.67. The Morgan fingerprint density at radius 2 is 1.83 bits per heavy atom.